The zero-order valence-corrected chi connectivity index (χ0v) is 8.21. The van der Waals surface area contributed by atoms with Crippen LogP contribution in [0, 0.1) is 10.1 Å². The number of ether oxygens (including phenoxy) is 1. The molecule has 1 rings (SSSR count). The summed E-state index contributed by atoms with van der Waals surface area (Å²) in [6, 6.07) is 5.67. The van der Waals surface area contributed by atoms with E-state index >= 15 is 0 Å². The molecule has 0 spiro atoms. The van der Waals surface area contributed by atoms with Gasteiger partial charge in [-0.1, -0.05) is 0 Å². The van der Waals surface area contributed by atoms with Crippen molar-refractivity contribution in [1.29, 1.82) is 0 Å². The first kappa shape index (κ1) is 11.4. The summed E-state index contributed by atoms with van der Waals surface area (Å²) in [6.45, 7) is 0.0916. The van der Waals surface area contributed by atoms with Crippen LogP contribution in [0.3, 0.4) is 0 Å². The molecule has 0 heterocycles. The van der Waals surface area contributed by atoms with Gasteiger partial charge in [-0.15, -0.1) is 0 Å². The first-order valence-electron chi connectivity index (χ1n) is 4.36. The van der Waals surface area contributed by atoms with Gasteiger partial charge in [-0.25, -0.2) is 0 Å². The van der Waals surface area contributed by atoms with Gasteiger partial charge in [-0.05, 0) is 19.2 Å². The van der Waals surface area contributed by atoms with Crippen molar-refractivity contribution in [2.45, 2.75) is 6.23 Å². The Hall–Kier alpha value is -1.66. The smallest absolute Gasteiger partial charge is 0.269 e. The first-order valence-corrected chi connectivity index (χ1v) is 4.36. The van der Waals surface area contributed by atoms with E-state index in [0.29, 0.717) is 5.75 Å². The summed E-state index contributed by atoms with van der Waals surface area (Å²) >= 11 is 0. The minimum atomic E-state index is -0.750. The highest BCUT2D eigenvalue weighted by Crippen LogP contribution is 2.17. The van der Waals surface area contributed by atoms with Crippen LogP contribution in [0.25, 0.3) is 0 Å². The monoisotopic (exact) mass is 212 g/mol. The number of non-ortho nitro benzene ring substituents is 1. The number of hydrogen-bond acceptors (Lipinski definition) is 5. The van der Waals surface area contributed by atoms with Crippen molar-refractivity contribution < 1.29 is 14.8 Å². The van der Waals surface area contributed by atoms with E-state index in [4.69, 9.17) is 9.84 Å². The average Bonchev–Trinajstić information content (AvgIpc) is 2.26. The highest BCUT2D eigenvalue weighted by Gasteiger charge is 2.05. The maximum atomic E-state index is 10.3. The predicted octanol–water partition coefficient (Wildman–Crippen LogP) is 0.511. The molecule has 0 saturated heterocycles. The fraction of sp³-hybridized carbons (Fsp3) is 0.333. The number of nitro benzene ring substituents is 1. The van der Waals surface area contributed by atoms with Gasteiger partial charge in [-0.2, -0.15) is 0 Å². The summed E-state index contributed by atoms with van der Waals surface area (Å²) < 4.78 is 5.16. The third-order valence-corrected chi connectivity index (χ3v) is 1.79. The number of benzene rings is 1. The fourth-order valence-electron chi connectivity index (χ4n) is 0.923. The van der Waals surface area contributed by atoms with Gasteiger partial charge in [0, 0.05) is 12.1 Å². The Bertz CT molecular complexity index is 325. The van der Waals surface area contributed by atoms with Crippen molar-refractivity contribution in [2.75, 3.05) is 13.7 Å². The van der Waals surface area contributed by atoms with E-state index in [1.807, 2.05) is 0 Å². The zero-order chi connectivity index (χ0) is 11.3. The summed E-state index contributed by atoms with van der Waals surface area (Å²) in [6.07, 6.45) is -0.750. The number of nitrogens with zero attached hydrogens (tertiary/aromatic N) is 1. The molecule has 1 unspecified atom stereocenters. The standard InChI is InChI=1S/C9H12N2O4/c1-10-9(12)6-15-8-4-2-7(3-5-8)11(13)14/h2-5,9-10,12H,6H2,1H3. The van der Waals surface area contributed by atoms with Gasteiger partial charge in [0.2, 0.25) is 0 Å². The molecular formula is C9H12N2O4. The molecule has 0 saturated carbocycles. The fourth-order valence-corrected chi connectivity index (χ4v) is 0.923. The normalized spacial score (nSPS) is 12.1. The van der Waals surface area contributed by atoms with Gasteiger partial charge < -0.3 is 9.84 Å². The third kappa shape index (κ3) is 3.53. The van der Waals surface area contributed by atoms with Crippen molar-refractivity contribution in [2.24, 2.45) is 0 Å². The minimum Gasteiger partial charge on any atom is -0.489 e. The van der Waals surface area contributed by atoms with Gasteiger partial charge in [0.15, 0.2) is 0 Å². The number of aliphatic hydroxyl groups is 1. The van der Waals surface area contributed by atoms with Crippen molar-refractivity contribution in [3.8, 4) is 5.75 Å². The number of nitro groups is 1. The lowest BCUT2D eigenvalue weighted by Gasteiger charge is -2.10. The highest BCUT2D eigenvalue weighted by molar-refractivity contribution is 5.35. The Balaban J connectivity index is 2.53. The number of nitrogens with one attached hydrogen (secondary N) is 1. The molecule has 2 N–H and O–H groups in total. The van der Waals surface area contributed by atoms with Crippen LogP contribution in [0.15, 0.2) is 24.3 Å². The lowest BCUT2D eigenvalue weighted by molar-refractivity contribution is -0.384. The van der Waals surface area contributed by atoms with E-state index in [9.17, 15) is 10.1 Å². The molecule has 0 aromatic heterocycles. The lowest BCUT2D eigenvalue weighted by Crippen LogP contribution is -2.30. The molecule has 0 amide bonds. The van der Waals surface area contributed by atoms with Gasteiger partial charge in [0.1, 0.15) is 18.6 Å². The topological polar surface area (TPSA) is 84.6 Å². The summed E-state index contributed by atoms with van der Waals surface area (Å²) in [5.41, 5.74) is 0.0107. The molecule has 6 nitrogen and oxygen atoms in total. The maximum absolute atomic E-state index is 10.3. The van der Waals surface area contributed by atoms with Gasteiger partial charge in [0.05, 0.1) is 4.92 Å². The van der Waals surface area contributed by atoms with Crippen LogP contribution >= 0.6 is 0 Å². The maximum Gasteiger partial charge on any atom is 0.269 e. The van der Waals surface area contributed by atoms with Crippen molar-refractivity contribution in [3.05, 3.63) is 34.4 Å². The molecule has 0 aliphatic rings. The summed E-state index contributed by atoms with van der Waals surface area (Å²) in [5.74, 6) is 0.481. The number of hydrogen-bond donors (Lipinski definition) is 2. The van der Waals surface area contributed by atoms with Crippen molar-refractivity contribution in [3.63, 3.8) is 0 Å². The Morgan fingerprint density at radius 3 is 2.60 bits per heavy atom. The zero-order valence-electron chi connectivity index (χ0n) is 8.21. The Labute approximate surface area is 86.6 Å². The average molecular weight is 212 g/mol. The highest BCUT2D eigenvalue weighted by atomic mass is 16.6. The van der Waals surface area contributed by atoms with Crippen LogP contribution in [-0.2, 0) is 0 Å². The Morgan fingerprint density at radius 2 is 2.13 bits per heavy atom. The molecule has 0 bridgehead atoms. The largest absolute Gasteiger partial charge is 0.489 e. The van der Waals surface area contributed by atoms with Crippen LogP contribution in [0.2, 0.25) is 0 Å². The predicted molar refractivity (Wildman–Crippen MR) is 53.7 cm³/mol. The van der Waals surface area contributed by atoms with Crippen molar-refractivity contribution >= 4 is 5.69 Å². The van der Waals surface area contributed by atoms with E-state index in [1.54, 1.807) is 7.05 Å². The van der Waals surface area contributed by atoms with E-state index < -0.39 is 11.2 Å². The molecule has 0 radical (unpaired) electrons. The quantitative estimate of drug-likeness (QED) is 0.422. The molecule has 0 aliphatic heterocycles. The van der Waals surface area contributed by atoms with Crippen LogP contribution in [0.4, 0.5) is 5.69 Å². The second-order valence-corrected chi connectivity index (χ2v) is 2.87. The minimum absolute atomic E-state index is 0.0107. The van der Waals surface area contributed by atoms with Crippen LogP contribution < -0.4 is 10.1 Å². The molecular weight excluding hydrogens is 200 g/mol. The van der Waals surface area contributed by atoms with Gasteiger partial charge >= 0.3 is 0 Å². The van der Waals surface area contributed by atoms with Crippen LogP contribution in [-0.4, -0.2) is 29.9 Å². The molecule has 1 aromatic carbocycles. The van der Waals surface area contributed by atoms with Crippen LogP contribution in [0.5, 0.6) is 5.75 Å². The van der Waals surface area contributed by atoms with E-state index in [1.165, 1.54) is 24.3 Å². The lowest BCUT2D eigenvalue weighted by atomic mass is 10.3. The number of rotatable bonds is 5. The van der Waals surface area contributed by atoms with Gasteiger partial charge in [-0.3, -0.25) is 15.4 Å². The number of aliphatic hydroxyl groups excluding tert-OH is 1. The van der Waals surface area contributed by atoms with Crippen molar-refractivity contribution in [1.82, 2.24) is 5.32 Å². The van der Waals surface area contributed by atoms with E-state index in [2.05, 4.69) is 5.32 Å². The summed E-state index contributed by atoms with van der Waals surface area (Å²) in [7, 11) is 1.60. The molecule has 15 heavy (non-hydrogen) atoms. The summed E-state index contributed by atoms with van der Waals surface area (Å²) in [5, 5.41) is 22.0. The van der Waals surface area contributed by atoms with E-state index in [-0.39, 0.29) is 12.3 Å². The molecule has 82 valence electrons. The second-order valence-electron chi connectivity index (χ2n) is 2.87. The van der Waals surface area contributed by atoms with Crippen LogP contribution in [0.1, 0.15) is 0 Å². The summed E-state index contributed by atoms with van der Waals surface area (Å²) in [4.78, 5) is 9.86. The Morgan fingerprint density at radius 1 is 1.53 bits per heavy atom. The molecule has 0 fully saturated rings. The Kier molecular flexibility index (Phi) is 4.02. The van der Waals surface area contributed by atoms with E-state index in [0.717, 1.165) is 0 Å². The number of likely N-dealkylation sites (N-methyl/N-ethyl adjacent to an activating group) is 1. The first-order chi connectivity index (χ1) is 7.13. The molecule has 0 aliphatic carbocycles. The second kappa shape index (κ2) is 5.28. The van der Waals surface area contributed by atoms with Gasteiger partial charge in [0.25, 0.3) is 5.69 Å². The molecule has 1 aromatic rings. The molecule has 1 atom stereocenters. The third-order valence-electron chi connectivity index (χ3n) is 1.79. The molecule has 6 heteroatoms. The SMILES string of the molecule is CNC(O)COc1ccc([N+](=O)[O-])cc1.